The predicted octanol–water partition coefficient (Wildman–Crippen LogP) is -0.200. The van der Waals surface area contributed by atoms with Crippen molar-refractivity contribution in [3.8, 4) is 10.6 Å². The van der Waals surface area contributed by atoms with E-state index < -0.39 is 5.41 Å². The summed E-state index contributed by atoms with van der Waals surface area (Å²) in [4.78, 5) is 0. The van der Waals surface area contributed by atoms with Crippen LogP contribution in [0.15, 0.2) is 0 Å². The number of hydrogen-bond donors (Lipinski definition) is 2. The number of hydrogen-bond acceptors (Lipinski definition) is 5. The Balaban J connectivity index is 3.98. The molecule has 96 valence electrons. The van der Waals surface area contributed by atoms with Gasteiger partial charge in [-0.3, -0.25) is 0 Å². The number of aliphatic hydroxyl groups is 2. The van der Waals surface area contributed by atoms with E-state index in [0.29, 0.717) is 26.1 Å². The van der Waals surface area contributed by atoms with E-state index in [4.69, 9.17) is 14.7 Å². The first-order chi connectivity index (χ1) is 8.24. The van der Waals surface area contributed by atoms with Crippen molar-refractivity contribution in [1.82, 2.24) is 0 Å². The quantitative estimate of drug-likeness (QED) is 0.541. The number of aliphatic hydroxyl groups excluding tert-OH is 2. The first-order valence-corrected chi connectivity index (χ1v) is 6.05. The van der Waals surface area contributed by atoms with Crippen molar-refractivity contribution in [3.63, 3.8) is 0 Å². The summed E-state index contributed by atoms with van der Waals surface area (Å²) in [5.41, 5.74) is -0.794. The molecule has 0 heterocycles. The zero-order valence-corrected chi connectivity index (χ0v) is 11.2. The summed E-state index contributed by atoms with van der Waals surface area (Å²) in [6.07, 6.45) is 0.980. The Kier molecular flexibility index (Phi) is 10.6. The second-order valence-electron chi connectivity index (χ2n) is 3.74. The Labute approximate surface area is 110 Å². The van der Waals surface area contributed by atoms with E-state index in [9.17, 15) is 10.2 Å². The summed E-state index contributed by atoms with van der Waals surface area (Å²) in [7, 11) is 0. The SMILES string of the molecule is N#CCCOCC(CO)(CO)COCC[C]#[V]. The zero-order valence-electron chi connectivity index (χ0n) is 9.76. The second-order valence-corrected chi connectivity index (χ2v) is 4.23. The molecule has 0 aromatic carbocycles. The van der Waals surface area contributed by atoms with Crippen LogP contribution in [0.4, 0.5) is 0 Å². The first-order valence-electron chi connectivity index (χ1n) is 5.36. The third-order valence-electron chi connectivity index (χ3n) is 2.20. The summed E-state index contributed by atoms with van der Waals surface area (Å²) >= 11 is 2.23. The van der Waals surface area contributed by atoms with Gasteiger partial charge in [-0.1, -0.05) is 0 Å². The molecular formula is C11H18NO4V. The molecule has 17 heavy (non-hydrogen) atoms. The summed E-state index contributed by atoms with van der Waals surface area (Å²) in [5, 5.41) is 26.9. The number of rotatable bonds is 10. The van der Waals surface area contributed by atoms with Gasteiger partial charge < -0.3 is 0 Å². The fraction of sp³-hybridized carbons (Fsp3) is 0.818. The molecule has 0 unspecified atom stereocenters. The van der Waals surface area contributed by atoms with Gasteiger partial charge in [0.2, 0.25) is 0 Å². The van der Waals surface area contributed by atoms with E-state index in [1.165, 1.54) is 0 Å². The van der Waals surface area contributed by atoms with Crippen LogP contribution < -0.4 is 0 Å². The molecule has 0 amide bonds. The van der Waals surface area contributed by atoms with Crippen LogP contribution >= 0.6 is 0 Å². The van der Waals surface area contributed by atoms with Gasteiger partial charge in [0.25, 0.3) is 0 Å². The molecule has 0 rings (SSSR count). The number of nitriles is 1. The first kappa shape index (κ1) is 16.7. The Morgan fingerprint density at radius 2 is 1.59 bits per heavy atom. The van der Waals surface area contributed by atoms with Crippen LogP contribution in [0.1, 0.15) is 12.8 Å². The molecule has 0 aliphatic carbocycles. The van der Waals surface area contributed by atoms with Gasteiger partial charge >= 0.3 is 110 Å². The van der Waals surface area contributed by atoms with Crippen LogP contribution in [0, 0.1) is 21.3 Å². The van der Waals surface area contributed by atoms with Crippen LogP contribution in [0.2, 0.25) is 0 Å². The van der Waals surface area contributed by atoms with Gasteiger partial charge in [0, 0.05) is 0 Å². The molecule has 6 heteroatoms. The third-order valence-corrected chi connectivity index (χ3v) is 2.55. The normalized spacial score (nSPS) is 10.8. The molecule has 0 aromatic rings. The van der Waals surface area contributed by atoms with Crippen LogP contribution in [0.25, 0.3) is 0 Å². The third kappa shape index (κ3) is 7.59. The molecule has 0 aromatic heterocycles. The minimum absolute atomic E-state index is 0.178. The molecule has 0 radical (unpaired) electrons. The van der Waals surface area contributed by atoms with E-state index in [1.54, 1.807) is 0 Å². The van der Waals surface area contributed by atoms with Gasteiger partial charge in [-0.25, -0.2) is 0 Å². The van der Waals surface area contributed by atoms with Gasteiger partial charge in [0.15, 0.2) is 0 Å². The van der Waals surface area contributed by atoms with Crippen molar-refractivity contribution >= 4 is 0 Å². The topological polar surface area (TPSA) is 82.7 Å². The Bertz CT molecular complexity index is 244. The molecule has 0 spiro atoms. The molecule has 5 nitrogen and oxygen atoms in total. The number of ether oxygens (including phenoxy) is 2. The van der Waals surface area contributed by atoms with Crippen molar-refractivity contribution in [2.75, 3.05) is 39.6 Å². The Morgan fingerprint density at radius 1 is 1.06 bits per heavy atom. The van der Waals surface area contributed by atoms with Crippen LogP contribution in [-0.4, -0.2) is 49.9 Å². The number of nitrogens with zero attached hydrogens (tertiary/aromatic N) is 1. The van der Waals surface area contributed by atoms with E-state index in [1.807, 2.05) is 6.07 Å². The van der Waals surface area contributed by atoms with E-state index in [2.05, 4.69) is 21.3 Å². The van der Waals surface area contributed by atoms with E-state index in [0.717, 1.165) is 0 Å². The molecule has 2 N–H and O–H groups in total. The average Bonchev–Trinajstić information content (AvgIpc) is 2.37. The summed E-state index contributed by atoms with van der Waals surface area (Å²) in [6, 6.07) is 1.96. The monoisotopic (exact) mass is 279 g/mol. The van der Waals surface area contributed by atoms with E-state index in [-0.39, 0.29) is 26.4 Å². The summed E-state index contributed by atoms with van der Waals surface area (Å²) in [5.74, 6) is 0. The predicted molar refractivity (Wildman–Crippen MR) is 57.0 cm³/mol. The maximum atomic E-state index is 9.29. The maximum absolute atomic E-state index is 9.29. The fourth-order valence-corrected chi connectivity index (χ4v) is 1.23. The molecule has 0 aliphatic heterocycles. The fourth-order valence-electron chi connectivity index (χ4n) is 1.09. The van der Waals surface area contributed by atoms with Crippen LogP contribution in [0.3, 0.4) is 0 Å². The molecule has 0 aliphatic rings. The van der Waals surface area contributed by atoms with Crippen LogP contribution in [0.5, 0.6) is 0 Å². The van der Waals surface area contributed by atoms with Gasteiger partial charge in [-0.2, -0.15) is 0 Å². The molecule has 0 bridgehead atoms. The zero-order chi connectivity index (χ0) is 13.0. The molecule has 0 fully saturated rings. The van der Waals surface area contributed by atoms with Crippen LogP contribution in [-0.2, 0) is 26.3 Å². The molecule has 0 saturated heterocycles. The molecular weight excluding hydrogens is 261 g/mol. The Morgan fingerprint density at radius 3 is 2.00 bits per heavy atom. The molecule has 0 atom stereocenters. The summed E-state index contributed by atoms with van der Waals surface area (Å²) < 4.78 is 13.4. The van der Waals surface area contributed by atoms with Gasteiger partial charge in [0.1, 0.15) is 0 Å². The second kappa shape index (κ2) is 10.8. The van der Waals surface area contributed by atoms with Gasteiger partial charge in [-0.05, 0) is 0 Å². The standard InChI is InChI=1S/C11H18NO4.V/c1-2-5-15-9-11(7-13,8-14)10-16-6-3-4-12;/h13-14H,2-3,5-10H2;. The minimum atomic E-state index is -0.794. The van der Waals surface area contributed by atoms with Gasteiger partial charge in [0.05, 0.1) is 0 Å². The van der Waals surface area contributed by atoms with Crippen molar-refractivity contribution < 1.29 is 36.5 Å². The van der Waals surface area contributed by atoms with Crippen molar-refractivity contribution in [1.29, 1.82) is 5.26 Å². The van der Waals surface area contributed by atoms with E-state index >= 15 is 0 Å². The Hall–Kier alpha value is -0.306. The van der Waals surface area contributed by atoms with Crippen molar-refractivity contribution in [3.05, 3.63) is 0 Å². The summed E-state index contributed by atoms with van der Waals surface area (Å²) in [6.45, 7) is 0.761. The molecule has 0 saturated carbocycles. The van der Waals surface area contributed by atoms with Crippen molar-refractivity contribution in [2.45, 2.75) is 12.8 Å². The van der Waals surface area contributed by atoms with Crippen molar-refractivity contribution in [2.24, 2.45) is 5.41 Å². The van der Waals surface area contributed by atoms with Gasteiger partial charge in [-0.15, -0.1) is 0 Å². The average molecular weight is 279 g/mol.